The van der Waals surface area contributed by atoms with Crippen molar-refractivity contribution in [2.75, 3.05) is 13.7 Å². The molecule has 0 aromatic rings. The van der Waals surface area contributed by atoms with Gasteiger partial charge in [0.05, 0.1) is 5.60 Å². The molecule has 6 fully saturated rings. The number of hydrogen-bond acceptors (Lipinski definition) is 9. The normalized spacial score (nSPS) is 48.4. The Balaban J connectivity index is 1.68. The number of esters is 3. The number of ether oxygens (including phenoxy) is 5. The highest BCUT2D eigenvalue weighted by Gasteiger charge is 2.82. The van der Waals surface area contributed by atoms with Gasteiger partial charge in [-0.1, -0.05) is 6.92 Å². The first-order valence-electron chi connectivity index (χ1n) is 13.7. The minimum absolute atomic E-state index is 0.0466. The first kappa shape index (κ1) is 26.9. The predicted octanol–water partition coefficient (Wildman–Crippen LogP) is 3.29. The Hall–Kier alpha value is -1.71. The molecule has 2 aliphatic heterocycles. The molecule has 6 rings (SSSR count). The summed E-state index contributed by atoms with van der Waals surface area (Å²) in [6.07, 6.45) is 4.06. The van der Waals surface area contributed by atoms with E-state index < -0.39 is 52.5 Å². The molecular weight excluding hydrogens is 480 g/mol. The molecule has 0 amide bonds. The third-order valence-electron chi connectivity index (χ3n) is 11.2. The molecule has 2 heterocycles. The lowest BCUT2D eigenvalue weighted by molar-refractivity contribution is -0.453. The predicted molar refractivity (Wildman–Crippen MR) is 130 cm³/mol. The number of fused-ring (bicyclic) bond motifs is 3. The van der Waals surface area contributed by atoms with Crippen LogP contribution in [-0.2, 0) is 38.1 Å². The van der Waals surface area contributed by atoms with E-state index in [1.54, 1.807) is 7.11 Å². The number of carbonyl (C=O) groups is 3. The van der Waals surface area contributed by atoms with Crippen LogP contribution in [0.3, 0.4) is 0 Å². The van der Waals surface area contributed by atoms with Gasteiger partial charge in [0.25, 0.3) is 0 Å². The fourth-order valence-electron chi connectivity index (χ4n) is 9.77. The molecule has 4 saturated carbocycles. The van der Waals surface area contributed by atoms with Crippen molar-refractivity contribution in [1.29, 1.82) is 0 Å². The van der Waals surface area contributed by atoms with Gasteiger partial charge in [0.1, 0.15) is 24.4 Å². The highest BCUT2D eigenvalue weighted by Crippen LogP contribution is 2.76. The Morgan fingerprint density at radius 1 is 1.00 bits per heavy atom. The van der Waals surface area contributed by atoms with Crippen molar-refractivity contribution in [2.24, 2.45) is 28.6 Å². The van der Waals surface area contributed by atoms with Gasteiger partial charge >= 0.3 is 17.9 Å². The van der Waals surface area contributed by atoms with Crippen molar-refractivity contribution in [2.45, 2.75) is 115 Å². The fourth-order valence-corrected chi connectivity index (χ4v) is 9.77. The van der Waals surface area contributed by atoms with E-state index in [1.165, 1.54) is 20.8 Å². The summed E-state index contributed by atoms with van der Waals surface area (Å²) in [7, 11) is 1.67. The summed E-state index contributed by atoms with van der Waals surface area (Å²) < 4.78 is 30.5. The van der Waals surface area contributed by atoms with Gasteiger partial charge in [0, 0.05) is 63.4 Å². The lowest BCUT2D eigenvalue weighted by atomic mass is 9.38. The highest BCUT2D eigenvalue weighted by molar-refractivity contribution is 5.67. The molecular formula is C28H42O9. The molecule has 9 nitrogen and oxygen atoms in total. The van der Waals surface area contributed by atoms with E-state index in [9.17, 15) is 19.5 Å². The maximum atomic E-state index is 12.9. The molecule has 9 heteroatoms. The zero-order valence-electron chi connectivity index (χ0n) is 23.0. The largest absolute Gasteiger partial charge is 0.465 e. The lowest BCUT2D eigenvalue weighted by Gasteiger charge is -2.75. The maximum absolute atomic E-state index is 12.9. The quantitative estimate of drug-likeness (QED) is 0.414. The number of hydrogen-bond donors (Lipinski definition) is 1. The number of aliphatic hydroxyl groups is 1. The van der Waals surface area contributed by atoms with Crippen LogP contribution in [0.2, 0.25) is 0 Å². The van der Waals surface area contributed by atoms with Crippen molar-refractivity contribution < 1.29 is 43.2 Å². The number of methoxy groups -OCH3 is 1. The molecule has 4 aliphatic carbocycles. The molecule has 37 heavy (non-hydrogen) atoms. The minimum Gasteiger partial charge on any atom is -0.465 e. The zero-order chi connectivity index (χ0) is 27.0. The second kappa shape index (κ2) is 8.65. The van der Waals surface area contributed by atoms with Crippen molar-refractivity contribution in [1.82, 2.24) is 0 Å². The molecule has 4 bridgehead atoms. The van der Waals surface area contributed by atoms with Gasteiger partial charge < -0.3 is 28.8 Å². The molecule has 1 N–H and O–H groups in total. The molecule has 10 atom stereocenters. The van der Waals surface area contributed by atoms with E-state index >= 15 is 0 Å². The molecule has 0 aromatic heterocycles. The highest BCUT2D eigenvalue weighted by atomic mass is 16.7. The average Bonchev–Trinajstić information content (AvgIpc) is 3.10. The molecule has 6 aliphatic rings. The van der Waals surface area contributed by atoms with Gasteiger partial charge in [0.15, 0.2) is 5.79 Å². The molecule has 2 saturated heterocycles. The van der Waals surface area contributed by atoms with Gasteiger partial charge in [-0.15, -0.1) is 0 Å². The number of rotatable bonds is 6. The smallest absolute Gasteiger partial charge is 0.303 e. The fraction of sp³-hybridized carbons (Fsp3) is 0.893. The van der Waals surface area contributed by atoms with Crippen LogP contribution >= 0.6 is 0 Å². The Kier molecular flexibility index (Phi) is 6.28. The SMILES string of the molecule is COC12CCC3(C)C(CCC4C5(O)CCC(C(C)OC(C)=O)C5(COC(C)=O)CC(OC(C)=O)C43O1)C2. The molecule has 0 aromatic carbocycles. The Morgan fingerprint density at radius 3 is 2.35 bits per heavy atom. The first-order valence-corrected chi connectivity index (χ1v) is 13.7. The van der Waals surface area contributed by atoms with Crippen molar-refractivity contribution in [3.63, 3.8) is 0 Å². The molecule has 1 spiro atoms. The summed E-state index contributed by atoms with van der Waals surface area (Å²) >= 11 is 0. The van der Waals surface area contributed by atoms with Crippen LogP contribution in [-0.4, -0.2) is 65.9 Å². The van der Waals surface area contributed by atoms with E-state index in [0.29, 0.717) is 25.2 Å². The average molecular weight is 523 g/mol. The van der Waals surface area contributed by atoms with Crippen molar-refractivity contribution >= 4 is 17.9 Å². The van der Waals surface area contributed by atoms with Crippen LogP contribution < -0.4 is 0 Å². The maximum Gasteiger partial charge on any atom is 0.303 e. The van der Waals surface area contributed by atoms with E-state index in [-0.39, 0.29) is 30.3 Å². The van der Waals surface area contributed by atoms with E-state index in [4.69, 9.17) is 23.7 Å². The molecule has 208 valence electrons. The van der Waals surface area contributed by atoms with Crippen LogP contribution in [0, 0.1) is 28.6 Å². The summed E-state index contributed by atoms with van der Waals surface area (Å²) in [6, 6.07) is 0. The molecule has 0 radical (unpaired) electrons. The van der Waals surface area contributed by atoms with E-state index in [2.05, 4.69) is 6.92 Å². The van der Waals surface area contributed by atoms with Crippen molar-refractivity contribution in [3.8, 4) is 0 Å². The monoisotopic (exact) mass is 522 g/mol. The topological polar surface area (TPSA) is 118 Å². The summed E-state index contributed by atoms with van der Waals surface area (Å²) in [4.78, 5) is 36.6. The van der Waals surface area contributed by atoms with E-state index in [1.807, 2.05) is 6.92 Å². The van der Waals surface area contributed by atoms with Gasteiger partial charge in [-0.25, -0.2) is 0 Å². The van der Waals surface area contributed by atoms with Crippen LogP contribution in [0.25, 0.3) is 0 Å². The van der Waals surface area contributed by atoms with Gasteiger partial charge in [-0.2, -0.15) is 0 Å². The first-order chi connectivity index (χ1) is 17.3. The number of carbonyl (C=O) groups excluding carboxylic acids is 3. The van der Waals surface area contributed by atoms with Crippen LogP contribution in [0.15, 0.2) is 0 Å². The third kappa shape index (κ3) is 3.48. The Morgan fingerprint density at radius 2 is 1.73 bits per heavy atom. The minimum atomic E-state index is -1.28. The Bertz CT molecular complexity index is 983. The van der Waals surface area contributed by atoms with Crippen LogP contribution in [0.1, 0.15) is 86.0 Å². The molecule has 10 unspecified atom stereocenters. The second-order valence-corrected chi connectivity index (χ2v) is 12.6. The van der Waals surface area contributed by atoms with Gasteiger partial charge in [-0.05, 0) is 51.4 Å². The summed E-state index contributed by atoms with van der Waals surface area (Å²) in [5.41, 5.74) is -3.52. The van der Waals surface area contributed by atoms with Crippen molar-refractivity contribution in [3.05, 3.63) is 0 Å². The lowest BCUT2D eigenvalue weighted by Crippen LogP contribution is -2.83. The van der Waals surface area contributed by atoms with Gasteiger partial charge in [0.2, 0.25) is 0 Å². The van der Waals surface area contributed by atoms with E-state index in [0.717, 1.165) is 25.7 Å². The standard InChI is InChI=1S/C28H42O9/c1-16(35-18(3)30)21-9-10-27(32)22-8-7-20-13-26(33-6)12-11-24(20,5)28(22,37-26)23(36-19(4)31)14-25(21,27)15-34-17(2)29/h16,20-23,32H,7-15H2,1-6H3. The summed E-state index contributed by atoms with van der Waals surface area (Å²) in [5, 5.41) is 12.9. The zero-order valence-corrected chi connectivity index (χ0v) is 23.0. The second-order valence-electron chi connectivity index (χ2n) is 12.6. The summed E-state index contributed by atoms with van der Waals surface area (Å²) in [5.74, 6) is -2.42. The summed E-state index contributed by atoms with van der Waals surface area (Å²) in [6.45, 7) is 8.13. The van der Waals surface area contributed by atoms with Crippen LogP contribution in [0.4, 0.5) is 0 Å². The van der Waals surface area contributed by atoms with Gasteiger partial charge in [-0.3, -0.25) is 14.4 Å². The van der Waals surface area contributed by atoms with Crippen LogP contribution in [0.5, 0.6) is 0 Å². The third-order valence-corrected chi connectivity index (χ3v) is 11.2. The Labute approximate surface area is 218 Å².